The summed E-state index contributed by atoms with van der Waals surface area (Å²) >= 11 is 0. The van der Waals surface area contributed by atoms with Gasteiger partial charge in [-0.2, -0.15) is 0 Å². The summed E-state index contributed by atoms with van der Waals surface area (Å²) in [7, 11) is 0. The van der Waals surface area contributed by atoms with E-state index in [4.69, 9.17) is 9.47 Å². The van der Waals surface area contributed by atoms with Crippen molar-refractivity contribution in [1.29, 1.82) is 0 Å². The van der Waals surface area contributed by atoms with Crippen LogP contribution in [-0.4, -0.2) is 19.1 Å². The topological polar surface area (TPSA) is 42.0 Å². The average molecular weight is 567 g/mol. The van der Waals surface area contributed by atoms with Crippen LogP contribution in [0.4, 0.5) is 22.7 Å². The van der Waals surface area contributed by atoms with Gasteiger partial charge in [0, 0.05) is 64.7 Å². The van der Waals surface area contributed by atoms with Gasteiger partial charge in [0.15, 0.2) is 5.60 Å². The molecule has 2 heterocycles. The second kappa shape index (κ2) is 10.4. The number of ether oxygens (including phenoxy) is 2. The third-order valence-corrected chi connectivity index (χ3v) is 8.78. The van der Waals surface area contributed by atoms with Crippen LogP contribution in [0.3, 0.4) is 0 Å². The number of rotatable bonds is 6. The van der Waals surface area contributed by atoms with E-state index < -0.39 is 5.60 Å². The van der Waals surface area contributed by atoms with Crippen molar-refractivity contribution >= 4 is 28.7 Å². The van der Waals surface area contributed by atoms with Crippen LogP contribution >= 0.6 is 0 Å². The molecule has 214 valence electrons. The first kappa shape index (κ1) is 26.8. The maximum Gasteiger partial charge on any atom is 0.340 e. The monoisotopic (exact) mass is 566 g/mol. The first-order chi connectivity index (χ1) is 21.0. The average Bonchev–Trinajstić information content (AvgIpc) is 3.32. The molecule has 0 saturated heterocycles. The molecule has 0 aromatic heterocycles. The second-order valence-corrected chi connectivity index (χ2v) is 11.2. The number of hydrogen-bond acceptors (Lipinski definition) is 5. The van der Waals surface area contributed by atoms with Crippen LogP contribution in [0.5, 0.6) is 11.5 Å². The van der Waals surface area contributed by atoms with Gasteiger partial charge in [0.1, 0.15) is 11.5 Å². The molecule has 0 saturated carbocycles. The van der Waals surface area contributed by atoms with E-state index in [2.05, 4.69) is 122 Å². The minimum absolute atomic E-state index is 0.326. The Labute approximate surface area is 252 Å². The first-order valence-electron chi connectivity index (χ1n) is 14.9. The zero-order valence-electron chi connectivity index (χ0n) is 24.9. The van der Waals surface area contributed by atoms with E-state index in [1.807, 2.05) is 24.3 Å². The first-order valence-corrected chi connectivity index (χ1v) is 14.9. The predicted octanol–water partition coefficient (Wildman–Crippen LogP) is 9.19. The SMILES string of the molecule is CCN(CC)c1ccc2c(c1)Oc1cc(N(c3ccccc3C)c3ccccc3C)ccc1C21OC(=O)c2ccccc21. The number of carbonyl (C=O) groups is 1. The predicted molar refractivity (Wildman–Crippen MR) is 172 cm³/mol. The molecule has 5 nitrogen and oxygen atoms in total. The number of carbonyl (C=O) groups excluding carboxylic acids is 1. The van der Waals surface area contributed by atoms with Crippen molar-refractivity contribution in [3.63, 3.8) is 0 Å². The van der Waals surface area contributed by atoms with Crippen molar-refractivity contribution in [2.45, 2.75) is 33.3 Å². The van der Waals surface area contributed by atoms with E-state index >= 15 is 0 Å². The summed E-state index contributed by atoms with van der Waals surface area (Å²) in [6.07, 6.45) is 0. The lowest BCUT2D eigenvalue weighted by Crippen LogP contribution is -2.33. The van der Waals surface area contributed by atoms with Gasteiger partial charge in [0.25, 0.3) is 0 Å². The molecule has 1 unspecified atom stereocenters. The van der Waals surface area contributed by atoms with Gasteiger partial charge in [0.2, 0.25) is 0 Å². The standard InChI is InChI=1S/C38H34N2O3/c1-5-39(6-2)27-19-21-31-35(23-27)42-36-24-28(20-22-32(36)38(31)30-16-10-9-15-29(30)37(41)43-38)40(33-17-11-7-13-25(33)3)34-18-12-8-14-26(34)4/h7-24H,5-6H2,1-4H3. The van der Waals surface area contributed by atoms with Gasteiger partial charge in [-0.1, -0.05) is 54.6 Å². The lowest BCUT2D eigenvalue weighted by atomic mass is 9.77. The molecule has 2 aliphatic rings. The van der Waals surface area contributed by atoms with Crippen LogP contribution in [0.2, 0.25) is 0 Å². The van der Waals surface area contributed by atoms with Crippen LogP contribution in [0.1, 0.15) is 52.0 Å². The molecule has 7 rings (SSSR count). The minimum atomic E-state index is -1.10. The van der Waals surface area contributed by atoms with E-state index in [-0.39, 0.29) is 5.97 Å². The third-order valence-electron chi connectivity index (χ3n) is 8.78. The summed E-state index contributed by atoms with van der Waals surface area (Å²) in [4.78, 5) is 17.9. The van der Waals surface area contributed by atoms with Crippen molar-refractivity contribution in [3.8, 4) is 11.5 Å². The highest BCUT2D eigenvalue weighted by Gasteiger charge is 2.53. The van der Waals surface area contributed by atoms with Crippen molar-refractivity contribution in [2.24, 2.45) is 0 Å². The smallest absolute Gasteiger partial charge is 0.340 e. The van der Waals surface area contributed by atoms with Crippen LogP contribution in [0, 0.1) is 13.8 Å². The fraction of sp³-hybridized carbons (Fsp3) is 0.184. The second-order valence-electron chi connectivity index (χ2n) is 11.2. The Hall–Kier alpha value is -5.03. The molecule has 0 fully saturated rings. The molecule has 0 aliphatic carbocycles. The van der Waals surface area contributed by atoms with Gasteiger partial charge >= 0.3 is 5.97 Å². The maximum absolute atomic E-state index is 13.4. The van der Waals surface area contributed by atoms with Crippen molar-refractivity contribution in [1.82, 2.24) is 0 Å². The molecule has 0 radical (unpaired) electrons. The molecule has 0 amide bonds. The number of esters is 1. The largest absolute Gasteiger partial charge is 0.456 e. The van der Waals surface area contributed by atoms with E-state index in [0.717, 1.165) is 63.7 Å². The quantitative estimate of drug-likeness (QED) is 0.192. The summed E-state index contributed by atoms with van der Waals surface area (Å²) < 4.78 is 13.2. The Bertz CT molecular complexity index is 1830. The third kappa shape index (κ3) is 4.10. The lowest BCUT2D eigenvalue weighted by Gasteiger charge is -2.38. The van der Waals surface area contributed by atoms with Crippen LogP contribution < -0.4 is 14.5 Å². The molecular weight excluding hydrogens is 532 g/mol. The fourth-order valence-electron chi connectivity index (χ4n) is 6.61. The Morgan fingerprint density at radius 1 is 0.628 bits per heavy atom. The van der Waals surface area contributed by atoms with E-state index in [0.29, 0.717) is 17.1 Å². The van der Waals surface area contributed by atoms with Crippen LogP contribution in [0.15, 0.2) is 109 Å². The molecule has 5 heteroatoms. The fourth-order valence-corrected chi connectivity index (χ4v) is 6.61. The number of fused-ring (bicyclic) bond motifs is 6. The molecule has 0 N–H and O–H groups in total. The number of para-hydroxylation sites is 2. The number of nitrogens with zero attached hydrogens (tertiary/aromatic N) is 2. The summed E-state index contributed by atoms with van der Waals surface area (Å²) in [5, 5.41) is 0. The summed E-state index contributed by atoms with van der Waals surface area (Å²) in [6.45, 7) is 10.3. The van der Waals surface area contributed by atoms with Crippen LogP contribution in [0.25, 0.3) is 0 Å². The van der Waals surface area contributed by atoms with Gasteiger partial charge in [0.05, 0.1) is 5.56 Å². The maximum atomic E-state index is 13.4. The molecule has 5 aromatic rings. The zero-order chi connectivity index (χ0) is 29.7. The summed E-state index contributed by atoms with van der Waals surface area (Å²) in [5.74, 6) is 1.03. The lowest BCUT2D eigenvalue weighted by molar-refractivity contribution is 0.0224. The number of anilines is 4. The minimum Gasteiger partial charge on any atom is -0.456 e. The molecule has 1 spiro atoms. The van der Waals surface area contributed by atoms with Crippen molar-refractivity contribution < 1.29 is 14.3 Å². The highest BCUT2D eigenvalue weighted by molar-refractivity contribution is 5.97. The van der Waals surface area contributed by atoms with Gasteiger partial charge < -0.3 is 19.3 Å². The van der Waals surface area contributed by atoms with Gasteiger partial charge in [-0.3, -0.25) is 0 Å². The Morgan fingerprint density at radius 2 is 1.16 bits per heavy atom. The Morgan fingerprint density at radius 3 is 1.77 bits per heavy atom. The van der Waals surface area contributed by atoms with E-state index in [1.165, 1.54) is 0 Å². The highest BCUT2D eigenvalue weighted by Crippen LogP contribution is 2.57. The number of hydrogen-bond donors (Lipinski definition) is 0. The molecule has 1 atom stereocenters. The number of benzene rings is 5. The molecule has 5 aromatic carbocycles. The van der Waals surface area contributed by atoms with Crippen LogP contribution in [-0.2, 0) is 10.3 Å². The summed E-state index contributed by atoms with van der Waals surface area (Å²) in [5.41, 5.74) is 8.48. The molecule has 43 heavy (non-hydrogen) atoms. The van der Waals surface area contributed by atoms with Gasteiger partial charge in [-0.15, -0.1) is 0 Å². The molecule has 0 bridgehead atoms. The number of aryl methyl sites for hydroxylation is 2. The Kier molecular flexibility index (Phi) is 6.46. The highest BCUT2D eigenvalue weighted by atomic mass is 16.6. The molecular formula is C38H34N2O3. The van der Waals surface area contributed by atoms with Crippen molar-refractivity contribution in [3.05, 3.63) is 143 Å². The van der Waals surface area contributed by atoms with Crippen molar-refractivity contribution in [2.75, 3.05) is 22.9 Å². The normalized spacial score (nSPS) is 16.1. The zero-order valence-corrected chi connectivity index (χ0v) is 24.9. The molecule has 2 aliphatic heterocycles. The Balaban J connectivity index is 1.47. The van der Waals surface area contributed by atoms with Gasteiger partial charge in [-0.25, -0.2) is 4.79 Å². The van der Waals surface area contributed by atoms with Gasteiger partial charge in [-0.05, 0) is 81.3 Å². The van der Waals surface area contributed by atoms with E-state index in [1.54, 1.807) is 0 Å². The van der Waals surface area contributed by atoms with E-state index in [9.17, 15) is 4.79 Å². The summed E-state index contributed by atoms with van der Waals surface area (Å²) in [6, 6.07) is 37.0.